The normalized spacial score (nSPS) is 11.7. The smallest absolute Gasteiger partial charge is 0.253 e. The molecule has 0 aliphatic heterocycles. The molecule has 0 radical (unpaired) electrons. The number of nitrogens with one attached hydrogen (secondary N) is 1. The van der Waals surface area contributed by atoms with Crippen molar-refractivity contribution in [1.82, 2.24) is 5.32 Å². The molecule has 1 unspecified atom stereocenters. The number of amides is 1. The lowest BCUT2D eigenvalue weighted by Gasteiger charge is -2.14. The highest BCUT2D eigenvalue weighted by Gasteiger charge is 2.16. The lowest BCUT2D eigenvalue weighted by atomic mass is 10.1. The third-order valence-corrected chi connectivity index (χ3v) is 3.09. The molecule has 4 nitrogen and oxygen atoms in total. The van der Waals surface area contributed by atoms with Crippen molar-refractivity contribution < 1.29 is 14.6 Å². The first-order valence-corrected chi connectivity index (χ1v) is 6.93. The molecule has 0 aliphatic rings. The van der Waals surface area contributed by atoms with Crippen molar-refractivity contribution in [3.8, 4) is 5.75 Å². The fourth-order valence-electron chi connectivity index (χ4n) is 2.01. The van der Waals surface area contributed by atoms with Crippen molar-refractivity contribution in [2.75, 3.05) is 6.61 Å². The molecule has 2 N–H and O–H groups in total. The third-order valence-electron chi connectivity index (χ3n) is 3.09. The summed E-state index contributed by atoms with van der Waals surface area (Å²) in [6.07, 6.45) is -1.16. The summed E-state index contributed by atoms with van der Waals surface area (Å²) in [5.41, 5.74) is 1.46. The van der Waals surface area contributed by atoms with Crippen LogP contribution in [-0.4, -0.2) is 17.6 Å². The van der Waals surface area contributed by atoms with Gasteiger partial charge in [-0.3, -0.25) is 4.79 Å². The highest BCUT2D eigenvalue weighted by molar-refractivity contribution is 5.81. The number of benzene rings is 2. The number of carbonyl (C=O) groups is 1. The van der Waals surface area contributed by atoms with E-state index < -0.39 is 12.0 Å². The van der Waals surface area contributed by atoms with Crippen LogP contribution in [0.25, 0.3) is 0 Å². The maximum absolute atomic E-state index is 12.0. The van der Waals surface area contributed by atoms with Gasteiger partial charge in [0.05, 0.1) is 6.61 Å². The molecule has 21 heavy (non-hydrogen) atoms. The summed E-state index contributed by atoms with van der Waals surface area (Å²) in [7, 11) is 0. The second kappa shape index (κ2) is 7.45. The minimum atomic E-state index is -1.16. The van der Waals surface area contributed by atoms with E-state index in [9.17, 15) is 9.90 Å². The van der Waals surface area contributed by atoms with Gasteiger partial charge >= 0.3 is 0 Å². The van der Waals surface area contributed by atoms with Crippen LogP contribution in [0.3, 0.4) is 0 Å². The van der Waals surface area contributed by atoms with Gasteiger partial charge < -0.3 is 15.2 Å². The molecule has 0 aliphatic carbocycles. The molecular weight excluding hydrogens is 266 g/mol. The number of para-hydroxylation sites is 1. The van der Waals surface area contributed by atoms with E-state index in [4.69, 9.17) is 4.74 Å². The molecule has 0 aromatic heterocycles. The van der Waals surface area contributed by atoms with Gasteiger partial charge in [0, 0.05) is 12.1 Å². The van der Waals surface area contributed by atoms with Crippen LogP contribution in [0, 0.1) is 0 Å². The zero-order valence-corrected chi connectivity index (χ0v) is 12.0. The van der Waals surface area contributed by atoms with Gasteiger partial charge in [0.25, 0.3) is 5.91 Å². The second-order valence-corrected chi connectivity index (χ2v) is 4.57. The number of aliphatic hydroxyl groups excluding tert-OH is 1. The molecule has 0 fully saturated rings. The van der Waals surface area contributed by atoms with Gasteiger partial charge in [0.15, 0.2) is 6.10 Å². The highest BCUT2D eigenvalue weighted by atomic mass is 16.5. The van der Waals surface area contributed by atoms with Crippen LogP contribution in [0.15, 0.2) is 54.6 Å². The van der Waals surface area contributed by atoms with Crippen LogP contribution in [-0.2, 0) is 11.3 Å². The third kappa shape index (κ3) is 4.07. The Balaban J connectivity index is 1.98. The Morgan fingerprint density at radius 1 is 1.14 bits per heavy atom. The summed E-state index contributed by atoms with van der Waals surface area (Å²) in [5, 5.41) is 12.7. The van der Waals surface area contributed by atoms with Gasteiger partial charge in [-0.2, -0.15) is 0 Å². The largest absolute Gasteiger partial charge is 0.494 e. The van der Waals surface area contributed by atoms with Gasteiger partial charge in [-0.05, 0) is 18.6 Å². The molecule has 0 spiro atoms. The monoisotopic (exact) mass is 285 g/mol. The predicted molar refractivity (Wildman–Crippen MR) is 80.9 cm³/mol. The average molecular weight is 285 g/mol. The number of ether oxygens (including phenoxy) is 1. The summed E-state index contributed by atoms with van der Waals surface area (Å²) in [5.74, 6) is 0.321. The van der Waals surface area contributed by atoms with Crippen molar-refractivity contribution in [1.29, 1.82) is 0 Å². The van der Waals surface area contributed by atoms with Gasteiger partial charge in [-0.15, -0.1) is 0 Å². The summed E-state index contributed by atoms with van der Waals surface area (Å²) < 4.78 is 5.50. The van der Waals surface area contributed by atoms with Crippen LogP contribution in [0.5, 0.6) is 5.75 Å². The molecule has 2 rings (SSSR count). The Bertz CT molecular complexity index is 584. The van der Waals surface area contributed by atoms with Gasteiger partial charge in [0.1, 0.15) is 5.75 Å². The Hall–Kier alpha value is -2.33. The Labute approximate surface area is 124 Å². The summed E-state index contributed by atoms with van der Waals surface area (Å²) >= 11 is 0. The fraction of sp³-hybridized carbons (Fsp3) is 0.235. The first-order chi connectivity index (χ1) is 10.2. The number of hydrogen-bond donors (Lipinski definition) is 2. The number of carbonyl (C=O) groups excluding carboxylic acids is 1. The van der Waals surface area contributed by atoms with Gasteiger partial charge in [-0.25, -0.2) is 0 Å². The minimum Gasteiger partial charge on any atom is -0.494 e. The summed E-state index contributed by atoms with van der Waals surface area (Å²) in [6.45, 7) is 2.80. The fourth-order valence-corrected chi connectivity index (χ4v) is 2.01. The summed E-state index contributed by atoms with van der Waals surface area (Å²) in [6, 6.07) is 16.4. The maximum atomic E-state index is 12.0. The maximum Gasteiger partial charge on any atom is 0.253 e. The van der Waals surface area contributed by atoms with E-state index in [1.54, 1.807) is 24.3 Å². The summed E-state index contributed by atoms with van der Waals surface area (Å²) in [4.78, 5) is 12.0. The Kier molecular flexibility index (Phi) is 5.35. The van der Waals surface area contributed by atoms with E-state index in [0.717, 1.165) is 11.3 Å². The average Bonchev–Trinajstić information content (AvgIpc) is 2.54. The van der Waals surface area contributed by atoms with E-state index in [2.05, 4.69) is 5.32 Å². The molecule has 2 aromatic carbocycles. The number of rotatable bonds is 6. The van der Waals surface area contributed by atoms with Crippen molar-refractivity contribution in [2.45, 2.75) is 19.6 Å². The Morgan fingerprint density at radius 3 is 2.52 bits per heavy atom. The van der Waals surface area contributed by atoms with Gasteiger partial charge in [0.2, 0.25) is 0 Å². The van der Waals surface area contributed by atoms with Crippen LogP contribution in [0.2, 0.25) is 0 Å². The molecule has 2 aromatic rings. The molecule has 0 saturated heterocycles. The van der Waals surface area contributed by atoms with Crippen LogP contribution in [0.4, 0.5) is 0 Å². The molecule has 0 bridgehead atoms. The molecule has 1 atom stereocenters. The highest BCUT2D eigenvalue weighted by Crippen LogP contribution is 2.18. The number of aliphatic hydroxyl groups is 1. The standard InChI is InChI=1S/C17H19NO3/c1-2-21-15-11-7-6-10-14(15)12-18-17(20)16(19)13-8-4-3-5-9-13/h3-11,16,19H,2,12H2,1H3,(H,18,20). The van der Waals surface area contributed by atoms with E-state index in [1.165, 1.54) is 0 Å². The number of hydrogen-bond acceptors (Lipinski definition) is 3. The molecule has 0 saturated carbocycles. The molecule has 110 valence electrons. The van der Waals surface area contributed by atoms with Crippen molar-refractivity contribution >= 4 is 5.91 Å². The van der Waals surface area contributed by atoms with E-state index in [-0.39, 0.29) is 0 Å². The minimum absolute atomic E-state index is 0.318. The molecule has 1 amide bonds. The Morgan fingerprint density at radius 2 is 1.81 bits per heavy atom. The lowest BCUT2D eigenvalue weighted by Crippen LogP contribution is -2.29. The first kappa shape index (κ1) is 15.1. The topological polar surface area (TPSA) is 58.6 Å². The van der Waals surface area contributed by atoms with Crippen LogP contribution >= 0.6 is 0 Å². The molecule has 0 heterocycles. The quantitative estimate of drug-likeness (QED) is 0.857. The zero-order valence-electron chi connectivity index (χ0n) is 12.0. The second-order valence-electron chi connectivity index (χ2n) is 4.57. The SMILES string of the molecule is CCOc1ccccc1CNC(=O)C(O)c1ccccc1. The van der Waals surface area contributed by atoms with Crippen molar-refractivity contribution in [3.05, 3.63) is 65.7 Å². The van der Waals surface area contributed by atoms with Gasteiger partial charge in [-0.1, -0.05) is 48.5 Å². The van der Waals surface area contributed by atoms with Crippen molar-refractivity contribution in [2.24, 2.45) is 0 Å². The zero-order chi connectivity index (χ0) is 15.1. The van der Waals surface area contributed by atoms with E-state index in [1.807, 2.05) is 37.3 Å². The van der Waals surface area contributed by atoms with E-state index >= 15 is 0 Å². The molecule has 4 heteroatoms. The predicted octanol–water partition coefficient (Wildman–Crippen LogP) is 2.44. The molecular formula is C17H19NO3. The van der Waals surface area contributed by atoms with E-state index in [0.29, 0.717) is 18.7 Å². The lowest BCUT2D eigenvalue weighted by molar-refractivity contribution is -0.129. The van der Waals surface area contributed by atoms with Crippen molar-refractivity contribution in [3.63, 3.8) is 0 Å². The first-order valence-electron chi connectivity index (χ1n) is 6.93. The van der Waals surface area contributed by atoms with Crippen LogP contribution in [0.1, 0.15) is 24.2 Å². The van der Waals surface area contributed by atoms with Crippen LogP contribution < -0.4 is 10.1 Å².